The van der Waals surface area contributed by atoms with Gasteiger partial charge in [-0.05, 0) is 69.0 Å². The molecule has 3 fully saturated rings. The van der Waals surface area contributed by atoms with Crippen LogP contribution in [0.2, 0.25) is 0 Å². The van der Waals surface area contributed by atoms with Crippen LogP contribution >= 0.6 is 0 Å². The van der Waals surface area contributed by atoms with Crippen molar-refractivity contribution in [3.05, 3.63) is 0 Å². The van der Waals surface area contributed by atoms with Gasteiger partial charge in [-0.3, -0.25) is 4.90 Å². The van der Waals surface area contributed by atoms with E-state index in [0.29, 0.717) is 0 Å². The second kappa shape index (κ2) is 4.55. The van der Waals surface area contributed by atoms with Crippen molar-refractivity contribution in [3.8, 4) is 0 Å². The molecule has 0 amide bonds. The minimum atomic E-state index is 0.773. The smallest absolute Gasteiger partial charge is 0.0119 e. The van der Waals surface area contributed by atoms with Gasteiger partial charge in [-0.15, -0.1) is 0 Å². The summed E-state index contributed by atoms with van der Waals surface area (Å²) in [6.07, 6.45) is 7.29. The van der Waals surface area contributed by atoms with E-state index in [4.69, 9.17) is 0 Å². The van der Waals surface area contributed by atoms with E-state index in [1.54, 1.807) is 0 Å². The second-order valence-corrected chi connectivity index (χ2v) is 6.96. The molecule has 2 nitrogen and oxygen atoms in total. The van der Waals surface area contributed by atoms with Crippen LogP contribution in [0.5, 0.6) is 0 Å². The van der Waals surface area contributed by atoms with Crippen LogP contribution in [0.4, 0.5) is 0 Å². The van der Waals surface area contributed by atoms with Gasteiger partial charge < -0.3 is 5.32 Å². The molecule has 0 aromatic heterocycles. The Morgan fingerprint density at radius 3 is 2.76 bits per heavy atom. The first kappa shape index (κ1) is 12.0. The number of nitrogens with one attached hydrogen (secondary N) is 1. The minimum absolute atomic E-state index is 0.773. The fourth-order valence-electron chi connectivity index (χ4n) is 4.34. The molecular weight excluding hydrogens is 208 g/mol. The molecule has 1 aliphatic carbocycles. The number of rotatable bonds is 3. The van der Waals surface area contributed by atoms with Crippen LogP contribution in [0, 0.1) is 17.3 Å². The largest absolute Gasteiger partial charge is 0.317 e. The normalized spacial score (nSPS) is 36.9. The highest BCUT2D eigenvalue weighted by molar-refractivity contribution is 5.06. The van der Waals surface area contributed by atoms with E-state index >= 15 is 0 Å². The molecule has 1 spiro atoms. The van der Waals surface area contributed by atoms with Gasteiger partial charge in [0.05, 0.1) is 0 Å². The SMILES string of the molecule is CC(C)C1CCCN1CC1CC12CCNCC2. The van der Waals surface area contributed by atoms with E-state index < -0.39 is 0 Å². The van der Waals surface area contributed by atoms with E-state index in [2.05, 4.69) is 24.1 Å². The molecule has 2 aliphatic heterocycles. The van der Waals surface area contributed by atoms with Gasteiger partial charge in [0, 0.05) is 12.6 Å². The number of hydrogen-bond acceptors (Lipinski definition) is 2. The van der Waals surface area contributed by atoms with Crippen LogP contribution in [0.3, 0.4) is 0 Å². The quantitative estimate of drug-likeness (QED) is 0.810. The van der Waals surface area contributed by atoms with Gasteiger partial charge in [0.1, 0.15) is 0 Å². The molecule has 0 radical (unpaired) electrons. The van der Waals surface area contributed by atoms with Gasteiger partial charge in [0.15, 0.2) is 0 Å². The van der Waals surface area contributed by atoms with Gasteiger partial charge in [-0.25, -0.2) is 0 Å². The number of likely N-dealkylation sites (tertiary alicyclic amines) is 1. The molecule has 1 N–H and O–H groups in total. The fraction of sp³-hybridized carbons (Fsp3) is 1.00. The molecule has 3 aliphatic rings. The van der Waals surface area contributed by atoms with Crippen molar-refractivity contribution in [2.24, 2.45) is 17.3 Å². The van der Waals surface area contributed by atoms with Crippen LogP contribution in [0.25, 0.3) is 0 Å². The Bertz CT molecular complexity index is 268. The summed E-state index contributed by atoms with van der Waals surface area (Å²) < 4.78 is 0. The van der Waals surface area contributed by atoms with Gasteiger partial charge in [0.2, 0.25) is 0 Å². The maximum Gasteiger partial charge on any atom is 0.0119 e. The van der Waals surface area contributed by atoms with E-state index in [1.807, 2.05) is 0 Å². The molecule has 0 aromatic carbocycles. The van der Waals surface area contributed by atoms with Crippen molar-refractivity contribution in [2.45, 2.75) is 52.0 Å². The van der Waals surface area contributed by atoms with Crippen LogP contribution in [0.1, 0.15) is 46.0 Å². The Morgan fingerprint density at radius 2 is 2.06 bits per heavy atom. The molecule has 2 heterocycles. The zero-order valence-electron chi connectivity index (χ0n) is 11.5. The molecule has 17 heavy (non-hydrogen) atoms. The predicted octanol–water partition coefficient (Wildman–Crippen LogP) is 2.50. The summed E-state index contributed by atoms with van der Waals surface area (Å²) in [5, 5.41) is 3.51. The van der Waals surface area contributed by atoms with Crippen molar-refractivity contribution in [1.29, 1.82) is 0 Å². The molecule has 2 atom stereocenters. The zero-order chi connectivity index (χ0) is 11.9. The average Bonchev–Trinajstić information content (AvgIpc) is 2.77. The predicted molar refractivity (Wildman–Crippen MR) is 72.1 cm³/mol. The topological polar surface area (TPSA) is 15.3 Å². The first-order chi connectivity index (χ1) is 8.21. The van der Waals surface area contributed by atoms with E-state index in [9.17, 15) is 0 Å². The van der Waals surface area contributed by atoms with Crippen LogP contribution < -0.4 is 5.32 Å². The van der Waals surface area contributed by atoms with Gasteiger partial charge in [-0.2, -0.15) is 0 Å². The zero-order valence-corrected chi connectivity index (χ0v) is 11.5. The second-order valence-electron chi connectivity index (χ2n) is 6.96. The highest BCUT2D eigenvalue weighted by Gasteiger charge is 2.54. The summed E-state index contributed by atoms with van der Waals surface area (Å²) in [5.74, 6) is 1.88. The Hall–Kier alpha value is -0.0800. The maximum atomic E-state index is 3.51. The first-order valence-corrected chi connectivity index (χ1v) is 7.66. The molecule has 98 valence electrons. The summed E-state index contributed by atoms with van der Waals surface area (Å²) >= 11 is 0. The third-order valence-corrected chi connectivity index (χ3v) is 5.60. The highest BCUT2D eigenvalue weighted by Crippen LogP contribution is 2.59. The van der Waals surface area contributed by atoms with Crippen LogP contribution in [-0.2, 0) is 0 Å². The lowest BCUT2D eigenvalue weighted by atomic mass is 9.91. The highest BCUT2D eigenvalue weighted by atomic mass is 15.2. The van der Waals surface area contributed by atoms with Gasteiger partial charge in [0.25, 0.3) is 0 Å². The van der Waals surface area contributed by atoms with Crippen molar-refractivity contribution in [3.63, 3.8) is 0 Å². The minimum Gasteiger partial charge on any atom is -0.317 e. The van der Waals surface area contributed by atoms with Gasteiger partial charge in [-0.1, -0.05) is 13.8 Å². The molecule has 1 saturated carbocycles. The van der Waals surface area contributed by atoms with Gasteiger partial charge >= 0.3 is 0 Å². The summed E-state index contributed by atoms with van der Waals surface area (Å²) in [7, 11) is 0. The molecular formula is C15H28N2. The van der Waals surface area contributed by atoms with E-state index in [0.717, 1.165) is 23.3 Å². The Kier molecular flexibility index (Phi) is 3.20. The molecule has 2 heteroatoms. The van der Waals surface area contributed by atoms with Crippen molar-refractivity contribution in [1.82, 2.24) is 10.2 Å². The lowest BCUT2D eigenvalue weighted by Gasteiger charge is -2.30. The van der Waals surface area contributed by atoms with Crippen molar-refractivity contribution < 1.29 is 0 Å². The lowest BCUT2D eigenvalue weighted by molar-refractivity contribution is 0.181. The standard InChI is InChI=1S/C15H28N2/c1-12(2)14-4-3-9-17(14)11-13-10-15(13)5-7-16-8-6-15/h12-14,16H,3-11H2,1-2H3. The van der Waals surface area contributed by atoms with E-state index in [-0.39, 0.29) is 0 Å². The third-order valence-electron chi connectivity index (χ3n) is 5.60. The van der Waals surface area contributed by atoms with Crippen LogP contribution in [-0.4, -0.2) is 37.1 Å². The molecule has 2 unspecified atom stereocenters. The Labute approximate surface area is 106 Å². The summed E-state index contributed by atoms with van der Waals surface area (Å²) in [5.41, 5.74) is 0.773. The van der Waals surface area contributed by atoms with Crippen LogP contribution in [0.15, 0.2) is 0 Å². The Morgan fingerprint density at radius 1 is 1.29 bits per heavy atom. The molecule has 0 bridgehead atoms. The fourth-order valence-corrected chi connectivity index (χ4v) is 4.34. The summed E-state index contributed by atoms with van der Waals surface area (Å²) in [4.78, 5) is 2.81. The third kappa shape index (κ3) is 2.26. The lowest BCUT2D eigenvalue weighted by Crippen LogP contribution is -2.37. The van der Waals surface area contributed by atoms with Crippen molar-refractivity contribution in [2.75, 3.05) is 26.2 Å². The maximum absolute atomic E-state index is 3.51. The Balaban J connectivity index is 1.54. The number of nitrogens with zero attached hydrogens (tertiary/aromatic N) is 1. The van der Waals surface area contributed by atoms with E-state index in [1.165, 1.54) is 58.3 Å². The van der Waals surface area contributed by atoms with Crippen molar-refractivity contribution >= 4 is 0 Å². The molecule has 2 saturated heterocycles. The molecule has 3 rings (SSSR count). The monoisotopic (exact) mass is 236 g/mol. The summed E-state index contributed by atoms with van der Waals surface area (Å²) in [6, 6.07) is 0.884. The average molecular weight is 236 g/mol. The summed E-state index contributed by atoms with van der Waals surface area (Å²) in [6.45, 7) is 10.1. The molecule has 0 aromatic rings. The number of piperidine rings is 1. The first-order valence-electron chi connectivity index (χ1n) is 7.66. The number of hydrogen-bond donors (Lipinski definition) is 1.